The minimum Gasteiger partial charge on any atom is -0.425 e. The number of carbonyl (C=O) groups excluding carboxylic acids is 1. The molecule has 25 heavy (non-hydrogen) atoms. The molecule has 5 rings (SSSR count). The molecule has 2 bridgehead atoms. The van der Waals surface area contributed by atoms with Gasteiger partial charge in [-0.3, -0.25) is 9.69 Å². The third kappa shape index (κ3) is 3.24. The SMILES string of the molecule is C[C@H]1[C@H](NC(=O)c2ncc(Oc3ccc(F)cc3)o2)C2CCN1CC2. The molecule has 3 saturated heterocycles. The van der Waals surface area contributed by atoms with Crippen molar-refractivity contribution < 1.29 is 18.3 Å². The number of carbonyl (C=O) groups is 1. The molecular formula is C18H20FN3O3. The number of hydrogen-bond acceptors (Lipinski definition) is 5. The van der Waals surface area contributed by atoms with Crippen LogP contribution in [0.1, 0.15) is 30.5 Å². The Labute approximate surface area is 145 Å². The monoisotopic (exact) mass is 345 g/mol. The highest BCUT2D eigenvalue weighted by molar-refractivity contribution is 5.90. The number of aromatic nitrogens is 1. The molecule has 1 amide bonds. The van der Waals surface area contributed by atoms with Gasteiger partial charge in [0.25, 0.3) is 5.89 Å². The van der Waals surface area contributed by atoms with Crippen LogP contribution >= 0.6 is 0 Å². The molecule has 3 aliphatic heterocycles. The van der Waals surface area contributed by atoms with E-state index in [-0.39, 0.29) is 29.6 Å². The van der Waals surface area contributed by atoms with Crippen molar-refractivity contribution in [3.05, 3.63) is 42.2 Å². The van der Waals surface area contributed by atoms with Crippen LogP contribution in [-0.2, 0) is 0 Å². The summed E-state index contributed by atoms with van der Waals surface area (Å²) >= 11 is 0. The first-order chi connectivity index (χ1) is 12.1. The van der Waals surface area contributed by atoms with Crippen LogP contribution in [0.2, 0.25) is 0 Å². The van der Waals surface area contributed by atoms with Gasteiger partial charge in [0.05, 0.1) is 0 Å². The summed E-state index contributed by atoms with van der Waals surface area (Å²) in [5, 5.41) is 3.06. The number of fused-ring (bicyclic) bond motifs is 3. The third-order valence-electron chi connectivity index (χ3n) is 5.19. The second-order valence-electron chi connectivity index (χ2n) is 6.65. The molecule has 0 spiro atoms. The van der Waals surface area contributed by atoms with Crippen LogP contribution in [-0.4, -0.2) is 41.0 Å². The number of rotatable bonds is 4. The van der Waals surface area contributed by atoms with Gasteiger partial charge in [-0.15, -0.1) is 0 Å². The standard InChI is InChI=1S/C18H20FN3O3/c1-11-16(12-6-8-22(11)9-7-12)21-17(23)18-20-10-15(25-18)24-14-4-2-13(19)3-5-14/h2-5,10-12,16H,6-9H2,1H3,(H,21,23)/t11-,16-/m0/s1. The van der Waals surface area contributed by atoms with E-state index in [1.54, 1.807) is 0 Å². The van der Waals surface area contributed by atoms with E-state index >= 15 is 0 Å². The van der Waals surface area contributed by atoms with Crippen molar-refractivity contribution in [3.63, 3.8) is 0 Å². The fraction of sp³-hybridized carbons (Fsp3) is 0.444. The van der Waals surface area contributed by atoms with E-state index < -0.39 is 0 Å². The largest absolute Gasteiger partial charge is 0.425 e. The third-order valence-corrected chi connectivity index (χ3v) is 5.19. The predicted octanol–water partition coefficient (Wildman–Crippen LogP) is 2.82. The molecule has 132 valence electrons. The van der Waals surface area contributed by atoms with Crippen molar-refractivity contribution in [1.29, 1.82) is 0 Å². The van der Waals surface area contributed by atoms with Gasteiger partial charge in [-0.25, -0.2) is 9.37 Å². The zero-order chi connectivity index (χ0) is 17.4. The normalized spacial score (nSPS) is 27.9. The molecule has 0 saturated carbocycles. The van der Waals surface area contributed by atoms with Crippen molar-refractivity contribution in [1.82, 2.24) is 15.2 Å². The van der Waals surface area contributed by atoms with Crippen LogP contribution in [0.3, 0.4) is 0 Å². The van der Waals surface area contributed by atoms with Gasteiger partial charge in [-0.2, -0.15) is 0 Å². The molecule has 0 unspecified atom stereocenters. The number of nitrogens with one attached hydrogen (secondary N) is 1. The highest BCUT2D eigenvalue weighted by Crippen LogP contribution is 2.32. The fourth-order valence-electron chi connectivity index (χ4n) is 3.79. The van der Waals surface area contributed by atoms with E-state index in [2.05, 4.69) is 22.1 Å². The Kier molecular flexibility index (Phi) is 4.17. The van der Waals surface area contributed by atoms with Gasteiger partial charge in [0.15, 0.2) is 0 Å². The van der Waals surface area contributed by atoms with Crippen molar-refractivity contribution in [2.45, 2.75) is 31.8 Å². The molecule has 1 aromatic heterocycles. The quantitative estimate of drug-likeness (QED) is 0.923. The number of piperidine rings is 3. The molecule has 2 atom stereocenters. The minimum atomic E-state index is -0.350. The number of amides is 1. The van der Waals surface area contributed by atoms with E-state index in [0.717, 1.165) is 25.9 Å². The second kappa shape index (κ2) is 6.48. The lowest BCUT2D eigenvalue weighted by Gasteiger charge is -2.49. The first-order valence-corrected chi connectivity index (χ1v) is 8.54. The van der Waals surface area contributed by atoms with Gasteiger partial charge >= 0.3 is 11.9 Å². The first kappa shape index (κ1) is 16.1. The van der Waals surface area contributed by atoms with E-state index in [1.165, 1.54) is 30.5 Å². The number of nitrogens with zero attached hydrogens (tertiary/aromatic N) is 2. The van der Waals surface area contributed by atoms with E-state index in [1.807, 2.05) is 0 Å². The summed E-state index contributed by atoms with van der Waals surface area (Å²) in [4.78, 5) is 18.9. The van der Waals surface area contributed by atoms with Gasteiger partial charge in [-0.05, 0) is 63.0 Å². The molecule has 3 fully saturated rings. The zero-order valence-electron chi connectivity index (χ0n) is 13.9. The molecule has 1 aromatic carbocycles. The van der Waals surface area contributed by atoms with Gasteiger partial charge in [0.1, 0.15) is 17.8 Å². The number of benzene rings is 1. The molecular weight excluding hydrogens is 325 g/mol. The maximum absolute atomic E-state index is 12.9. The Morgan fingerprint density at radius 1 is 1.32 bits per heavy atom. The summed E-state index contributed by atoms with van der Waals surface area (Å²) in [5.74, 6) is 0.306. The number of oxazole rings is 1. The van der Waals surface area contributed by atoms with Crippen molar-refractivity contribution in [2.75, 3.05) is 13.1 Å². The van der Waals surface area contributed by atoms with Gasteiger partial charge in [-0.1, -0.05) is 0 Å². The van der Waals surface area contributed by atoms with Crippen LogP contribution in [0.25, 0.3) is 0 Å². The lowest BCUT2D eigenvalue weighted by atomic mass is 9.79. The molecule has 2 aromatic rings. The number of hydrogen-bond donors (Lipinski definition) is 1. The highest BCUT2D eigenvalue weighted by atomic mass is 19.1. The Morgan fingerprint density at radius 3 is 2.72 bits per heavy atom. The topological polar surface area (TPSA) is 67.6 Å². The molecule has 4 heterocycles. The fourth-order valence-corrected chi connectivity index (χ4v) is 3.79. The smallest absolute Gasteiger partial charge is 0.311 e. The number of ether oxygens (including phenoxy) is 1. The summed E-state index contributed by atoms with van der Waals surface area (Å²) in [6.45, 7) is 4.36. The van der Waals surface area contributed by atoms with Crippen LogP contribution in [0, 0.1) is 11.7 Å². The van der Waals surface area contributed by atoms with Crippen LogP contribution in [0.15, 0.2) is 34.9 Å². The van der Waals surface area contributed by atoms with Crippen molar-refractivity contribution in [3.8, 4) is 11.7 Å². The molecule has 6 nitrogen and oxygen atoms in total. The Balaban J connectivity index is 1.41. The molecule has 0 radical (unpaired) electrons. The van der Waals surface area contributed by atoms with Gasteiger partial charge in [0.2, 0.25) is 0 Å². The Bertz CT molecular complexity index is 751. The Hall–Kier alpha value is -2.41. The average molecular weight is 345 g/mol. The summed E-state index contributed by atoms with van der Waals surface area (Å²) in [5.41, 5.74) is 0. The van der Waals surface area contributed by atoms with Crippen LogP contribution in [0.5, 0.6) is 11.7 Å². The zero-order valence-corrected chi connectivity index (χ0v) is 13.9. The maximum Gasteiger partial charge on any atom is 0.311 e. The first-order valence-electron chi connectivity index (χ1n) is 8.54. The van der Waals surface area contributed by atoms with E-state index in [4.69, 9.17) is 9.15 Å². The van der Waals surface area contributed by atoms with Crippen LogP contribution < -0.4 is 10.1 Å². The minimum absolute atomic E-state index is 0.0271. The van der Waals surface area contributed by atoms with Gasteiger partial charge < -0.3 is 14.5 Å². The lowest BCUT2D eigenvalue weighted by Crippen LogP contribution is -2.62. The van der Waals surface area contributed by atoms with Crippen molar-refractivity contribution >= 4 is 5.91 Å². The summed E-state index contributed by atoms with van der Waals surface area (Å²) in [6.07, 6.45) is 3.57. The van der Waals surface area contributed by atoms with E-state index in [9.17, 15) is 9.18 Å². The maximum atomic E-state index is 12.9. The van der Waals surface area contributed by atoms with Crippen molar-refractivity contribution in [2.24, 2.45) is 5.92 Å². The molecule has 3 aliphatic rings. The summed E-state index contributed by atoms with van der Waals surface area (Å²) < 4.78 is 23.7. The Morgan fingerprint density at radius 2 is 2.04 bits per heavy atom. The molecule has 0 aliphatic carbocycles. The highest BCUT2D eigenvalue weighted by Gasteiger charge is 2.40. The number of halogens is 1. The van der Waals surface area contributed by atoms with Crippen LogP contribution in [0.4, 0.5) is 4.39 Å². The lowest BCUT2D eigenvalue weighted by molar-refractivity contribution is 0.0209. The second-order valence-corrected chi connectivity index (χ2v) is 6.65. The summed E-state index contributed by atoms with van der Waals surface area (Å²) in [6, 6.07) is 5.96. The average Bonchev–Trinajstić information content (AvgIpc) is 3.09. The van der Waals surface area contributed by atoms with Gasteiger partial charge in [0, 0.05) is 12.1 Å². The molecule has 7 heteroatoms. The molecule has 1 N–H and O–H groups in total. The predicted molar refractivity (Wildman–Crippen MR) is 88.0 cm³/mol. The summed E-state index contributed by atoms with van der Waals surface area (Å²) in [7, 11) is 0. The van der Waals surface area contributed by atoms with E-state index in [0.29, 0.717) is 17.7 Å².